The van der Waals surface area contributed by atoms with Crippen molar-refractivity contribution in [2.24, 2.45) is 10.6 Å². The van der Waals surface area contributed by atoms with E-state index < -0.39 is 40.1 Å². The molecule has 17 heteroatoms. The SMILES string of the molecule is CON=C(C(=O)NC1C(=O)N2CC(CSc3cc(=O)c4ccc(F)cc4s3)(C(=O)OCc3ccc(OC)cc3)CS[C@H]12)c1csc(NC(c2ccccc2)(c2ccccc2)c2ccccc2)n1. The number of β-lactam (4-membered cyclic amide) rings is 1. The third kappa shape index (κ3) is 9.28. The first-order valence-corrected chi connectivity index (χ1v) is 24.7. The number of esters is 1. The fraction of sp³-hybridized carbons (Fsp3) is 0.200. The Balaban J connectivity index is 0.933. The summed E-state index contributed by atoms with van der Waals surface area (Å²) in [6.45, 7) is -0.00663. The zero-order chi connectivity index (χ0) is 46.5. The summed E-state index contributed by atoms with van der Waals surface area (Å²) in [5, 5.41) is 12.8. The van der Waals surface area contributed by atoms with Gasteiger partial charge >= 0.3 is 5.97 Å². The third-order valence-electron chi connectivity index (χ3n) is 11.6. The highest BCUT2D eigenvalue weighted by Gasteiger charge is 2.58. The maximum absolute atomic E-state index is 14.2. The molecular formula is C50H42FN5O7S4. The van der Waals surface area contributed by atoms with Crippen molar-refractivity contribution in [2.75, 3.05) is 37.6 Å². The molecule has 3 atom stereocenters. The summed E-state index contributed by atoms with van der Waals surface area (Å²) in [6, 6.07) is 41.9. The van der Waals surface area contributed by atoms with Crippen LogP contribution in [0.25, 0.3) is 10.1 Å². The summed E-state index contributed by atoms with van der Waals surface area (Å²) in [4.78, 5) is 67.0. The lowest BCUT2D eigenvalue weighted by Crippen LogP contribution is -2.74. The Bertz CT molecular complexity index is 2920. The van der Waals surface area contributed by atoms with Crippen LogP contribution < -0.4 is 20.8 Å². The van der Waals surface area contributed by atoms with Crippen molar-refractivity contribution in [1.82, 2.24) is 15.2 Å². The quantitative estimate of drug-likeness (QED) is 0.0240. The lowest BCUT2D eigenvalue weighted by Gasteiger charge is -2.54. The van der Waals surface area contributed by atoms with Gasteiger partial charge in [0.25, 0.3) is 5.91 Å². The van der Waals surface area contributed by atoms with Crippen molar-refractivity contribution in [3.05, 3.63) is 189 Å². The molecule has 67 heavy (non-hydrogen) atoms. The number of halogens is 1. The number of ether oxygens (including phenoxy) is 2. The molecule has 2 amide bonds. The second kappa shape index (κ2) is 19.7. The molecule has 2 saturated heterocycles. The summed E-state index contributed by atoms with van der Waals surface area (Å²) in [7, 11) is 2.90. The highest BCUT2D eigenvalue weighted by Crippen LogP contribution is 2.46. The standard InChI is InChI=1S/C50H42FN5O7S4/c1-61-36-21-18-31(19-22-36)26-63-47(60)49(29-65-41-25-39(57)37-23-20-35(51)24-40(37)67-41)28-56-45(59)43(46(56)66-30-49)53-44(58)42(55-62-2)38-27-64-48(52-38)54-50(32-12-6-3-7-13-32,33-14-8-4-9-15-33)34-16-10-5-11-17-34/h3-25,27,43,46H,26,28-30H2,1-2H3,(H,52,54)(H,53,58)/t43?,46-,49?/m1/s1. The molecule has 2 unspecified atom stereocenters. The minimum Gasteiger partial charge on any atom is -0.497 e. The second-order valence-corrected chi connectivity index (χ2v) is 20.1. The van der Waals surface area contributed by atoms with Gasteiger partial charge in [0.05, 0.1) is 11.3 Å². The number of benzene rings is 5. The summed E-state index contributed by atoms with van der Waals surface area (Å²) >= 11 is 5.18. The Hall–Kier alpha value is -6.53. The van der Waals surface area contributed by atoms with E-state index in [0.717, 1.165) is 22.3 Å². The van der Waals surface area contributed by atoms with Crippen molar-refractivity contribution in [2.45, 2.75) is 27.8 Å². The number of thioether (sulfide) groups is 2. The molecule has 0 spiro atoms. The van der Waals surface area contributed by atoms with Gasteiger partial charge in [0.2, 0.25) is 5.91 Å². The first-order chi connectivity index (χ1) is 32.6. The van der Waals surface area contributed by atoms with Crippen LogP contribution in [0, 0.1) is 11.2 Å². The smallest absolute Gasteiger partial charge is 0.315 e. The Morgan fingerprint density at radius 3 is 2.18 bits per heavy atom. The molecule has 0 bridgehead atoms. The predicted molar refractivity (Wildman–Crippen MR) is 262 cm³/mol. The molecule has 9 rings (SSSR count). The minimum atomic E-state index is -1.20. The van der Waals surface area contributed by atoms with E-state index >= 15 is 0 Å². The molecule has 2 fully saturated rings. The third-order valence-corrected chi connectivity index (χ3v) is 16.5. The first kappa shape index (κ1) is 45.6. The largest absolute Gasteiger partial charge is 0.497 e. The number of hydrogen-bond acceptors (Lipinski definition) is 14. The molecule has 0 aliphatic carbocycles. The number of carbonyl (C=O) groups is 3. The van der Waals surface area contributed by atoms with Crippen LogP contribution in [-0.2, 0) is 36.1 Å². The van der Waals surface area contributed by atoms with Gasteiger partial charge in [-0.15, -0.1) is 46.2 Å². The van der Waals surface area contributed by atoms with E-state index in [-0.39, 0.29) is 47.4 Å². The summed E-state index contributed by atoms with van der Waals surface area (Å²) in [6.07, 6.45) is 0. The minimum absolute atomic E-state index is 0.00749. The van der Waals surface area contributed by atoms with Gasteiger partial charge in [0, 0.05) is 39.6 Å². The van der Waals surface area contributed by atoms with Gasteiger partial charge in [0.1, 0.15) is 53.3 Å². The number of hydrogen-bond donors (Lipinski definition) is 2. The number of rotatable bonds is 16. The van der Waals surface area contributed by atoms with Crippen LogP contribution in [0.15, 0.2) is 159 Å². The number of aromatic nitrogens is 1. The van der Waals surface area contributed by atoms with Gasteiger partial charge in [-0.25, -0.2) is 9.37 Å². The molecule has 5 aromatic carbocycles. The lowest BCUT2D eigenvalue weighted by atomic mass is 9.77. The fourth-order valence-corrected chi connectivity index (χ4v) is 13.0. The zero-order valence-corrected chi connectivity index (χ0v) is 39.3. The highest BCUT2D eigenvalue weighted by molar-refractivity contribution is 8.01. The van der Waals surface area contributed by atoms with Gasteiger partial charge in [-0.05, 0) is 52.6 Å². The molecular weight excluding hydrogens is 930 g/mol. The van der Waals surface area contributed by atoms with E-state index in [0.29, 0.717) is 25.2 Å². The van der Waals surface area contributed by atoms with E-state index in [1.807, 2.05) is 54.6 Å². The molecule has 2 N–H and O–H groups in total. The van der Waals surface area contributed by atoms with Crippen LogP contribution >= 0.6 is 46.2 Å². The normalized spacial score (nSPS) is 18.1. The number of methoxy groups -OCH3 is 1. The molecule has 340 valence electrons. The van der Waals surface area contributed by atoms with Crippen molar-refractivity contribution in [3.8, 4) is 5.75 Å². The molecule has 12 nitrogen and oxygen atoms in total. The van der Waals surface area contributed by atoms with E-state index in [1.165, 1.54) is 77.6 Å². The van der Waals surface area contributed by atoms with Crippen LogP contribution in [0.2, 0.25) is 0 Å². The molecule has 4 heterocycles. The van der Waals surface area contributed by atoms with Crippen molar-refractivity contribution in [3.63, 3.8) is 0 Å². The number of nitrogens with one attached hydrogen (secondary N) is 2. The van der Waals surface area contributed by atoms with Gasteiger partial charge in [-0.2, -0.15) is 0 Å². The Morgan fingerprint density at radius 2 is 1.55 bits per heavy atom. The zero-order valence-electron chi connectivity index (χ0n) is 36.0. The number of anilines is 1. The van der Waals surface area contributed by atoms with Crippen LogP contribution in [0.3, 0.4) is 0 Å². The molecule has 7 aromatic rings. The Kier molecular flexibility index (Phi) is 13.4. The van der Waals surface area contributed by atoms with E-state index in [4.69, 9.17) is 19.3 Å². The number of nitrogens with zero attached hydrogens (tertiary/aromatic N) is 3. The first-order valence-electron chi connectivity index (χ1n) is 21.0. The second-order valence-electron chi connectivity index (χ2n) is 15.8. The van der Waals surface area contributed by atoms with Crippen molar-refractivity contribution >= 4 is 84.9 Å². The maximum atomic E-state index is 14.2. The van der Waals surface area contributed by atoms with Crippen LogP contribution in [0.4, 0.5) is 9.52 Å². The number of amides is 2. The number of carbonyl (C=O) groups excluding carboxylic acids is 3. The maximum Gasteiger partial charge on any atom is 0.315 e. The fourth-order valence-electron chi connectivity index (χ4n) is 8.19. The average molecular weight is 972 g/mol. The monoisotopic (exact) mass is 971 g/mol. The van der Waals surface area contributed by atoms with Crippen LogP contribution in [-0.4, -0.2) is 77.1 Å². The number of oxime groups is 1. The number of thiazole rings is 1. The van der Waals surface area contributed by atoms with Gasteiger partial charge in [0.15, 0.2) is 16.3 Å². The molecule has 0 radical (unpaired) electrons. The highest BCUT2D eigenvalue weighted by atomic mass is 32.2. The van der Waals surface area contributed by atoms with Crippen LogP contribution in [0.5, 0.6) is 5.75 Å². The summed E-state index contributed by atoms with van der Waals surface area (Å²) in [5.41, 5.74) is 1.46. The molecule has 2 aliphatic rings. The van der Waals surface area contributed by atoms with Crippen LogP contribution in [0.1, 0.15) is 27.9 Å². The van der Waals surface area contributed by atoms with Gasteiger partial charge in [-0.1, -0.05) is 108 Å². The average Bonchev–Trinajstić information content (AvgIpc) is 3.83. The lowest BCUT2D eigenvalue weighted by molar-refractivity contribution is -0.162. The summed E-state index contributed by atoms with van der Waals surface area (Å²) < 4.78 is 26.4. The van der Waals surface area contributed by atoms with Gasteiger partial charge < -0.3 is 29.8 Å². The predicted octanol–water partition coefficient (Wildman–Crippen LogP) is 8.54. The topological polar surface area (TPSA) is 149 Å². The van der Waals surface area contributed by atoms with E-state index in [2.05, 4.69) is 52.2 Å². The molecule has 2 aromatic heterocycles. The van der Waals surface area contributed by atoms with Crippen molar-refractivity contribution < 1.29 is 33.1 Å². The van der Waals surface area contributed by atoms with E-state index in [9.17, 15) is 23.6 Å². The van der Waals surface area contributed by atoms with Gasteiger partial charge in [-0.3, -0.25) is 19.2 Å². The molecule has 2 aliphatic heterocycles. The number of fused-ring (bicyclic) bond motifs is 2. The van der Waals surface area contributed by atoms with Crippen molar-refractivity contribution in [1.29, 1.82) is 0 Å². The Morgan fingerprint density at radius 1 is 0.896 bits per heavy atom. The summed E-state index contributed by atoms with van der Waals surface area (Å²) in [5.74, 6) is -0.956. The molecule has 0 saturated carbocycles. The van der Waals surface area contributed by atoms with E-state index in [1.54, 1.807) is 41.7 Å². The Labute approximate surface area is 401 Å².